The van der Waals surface area contributed by atoms with Crippen LogP contribution in [0.1, 0.15) is 0 Å². The third-order valence-electron chi connectivity index (χ3n) is 1.67. The molecular weight excluding hydrogens is 180 g/mol. The summed E-state index contributed by atoms with van der Waals surface area (Å²) in [5.74, 6) is 0. The Morgan fingerprint density at radius 2 is 1.92 bits per heavy atom. The third kappa shape index (κ3) is 3.37. The number of aliphatic hydroxyl groups excluding tert-OH is 4. The van der Waals surface area contributed by atoms with Gasteiger partial charge >= 0.3 is 0 Å². The Balaban J connectivity index is 4.29. The molecule has 0 heterocycles. The van der Waals surface area contributed by atoms with Crippen LogP contribution in [-0.4, -0.2) is 64.8 Å². The molecule has 0 rings (SSSR count). The lowest BCUT2D eigenvalue weighted by atomic mass is 10.0. The highest BCUT2D eigenvalue weighted by Crippen LogP contribution is 2.07. The number of hydrogen-bond donors (Lipinski definition) is 4. The molecule has 0 saturated heterocycles. The third-order valence-corrected chi connectivity index (χ3v) is 1.67. The number of hydrogen-bond acceptors (Lipinski definition) is 6. The highest BCUT2D eigenvalue weighted by atomic mass is 16.5. The smallest absolute Gasteiger partial charge is 0.151 e. The maximum atomic E-state index is 10.1. The number of carbonyl (C=O) groups is 1. The zero-order valence-corrected chi connectivity index (χ0v) is 7.20. The van der Waals surface area contributed by atoms with Crippen LogP contribution in [0, 0.1) is 0 Å². The normalized spacial score (nSPS) is 20.4. The highest BCUT2D eigenvalue weighted by Gasteiger charge is 2.31. The molecular formula is C7H14O6. The SMILES string of the molecule is CO[C@H]([C@H](O)[C@H](O)CO)[C@H](O)C=O. The average molecular weight is 194 g/mol. The van der Waals surface area contributed by atoms with Crippen molar-refractivity contribution in [1.82, 2.24) is 0 Å². The topological polar surface area (TPSA) is 107 Å². The van der Waals surface area contributed by atoms with Crippen LogP contribution in [0.3, 0.4) is 0 Å². The molecule has 6 heteroatoms. The monoisotopic (exact) mass is 194 g/mol. The maximum Gasteiger partial charge on any atom is 0.151 e. The van der Waals surface area contributed by atoms with Gasteiger partial charge < -0.3 is 30.0 Å². The number of carbonyl (C=O) groups excluding carboxylic acids is 1. The van der Waals surface area contributed by atoms with Gasteiger partial charge in [0.25, 0.3) is 0 Å². The van der Waals surface area contributed by atoms with E-state index >= 15 is 0 Å². The molecule has 0 aliphatic heterocycles. The van der Waals surface area contributed by atoms with Gasteiger partial charge in [0.2, 0.25) is 0 Å². The molecule has 0 aromatic rings. The van der Waals surface area contributed by atoms with E-state index in [1.165, 1.54) is 7.11 Å². The number of methoxy groups -OCH3 is 1. The van der Waals surface area contributed by atoms with Gasteiger partial charge in [0.15, 0.2) is 6.29 Å². The maximum absolute atomic E-state index is 10.1. The molecule has 0 aromatic carbocycles. The summed E-state index contributed by atoms with van der Waals surface area (Å²) in [6, 6.07) is 0. The van der Waals surface area contributed by atoms with E-state index in [-0.39, 0.29) is 6.29 Å². The van der Waals surface area contributed by atoms with Gasteiger partial charge in [0.1, 0.15) is 24.4 Å². The van der Waals surface area contributed by atoms with Gasteiger partial charge in [0, 0.05) is 7.11 Å². The van der Waals surface area contributed by atoms with Gasteiger partial charge in [0.05, 0.1) is 6.61 Å². The van der Waals surface area contributed by atoms with Crippen molar-refractivity contribution in [2.75, 3.05) is 13.7 Å². The van der Waals surface area contributed by atoms with E-state index in [0.29, 0.717) is 0 Å². The molecule has 0 radical (unpaired) electrons. The van der Waals surface area contributed by atoms with Gasteiger partial charge in [-0.3, -0.25) is 0 Å². The van der Waals surface area contributed by atoms with E-state index in [2.05, 4.69) is 4.74 Å². The summed E-state index contributed by atoms with van der Waals surface area (Å²) in [6.45, 7) is -0.674. The first-order valence-electron chi connectivity index (χ1n) is 3.71. The molecule has 0 fully saturated rings. The molecule has 4 N–H and O–H groups in total. The van der Waals surface area contributed by atoms with Crippen molar-refractivity contribution < 1.29 is 30.0 Å². The van der Waals surface area contributed by atoms with Gasteiger partial charge in [-0.05, 0) is 0 Å². The highest BCUT2D eigenvalue weighted by molar-refractivity contribution is 5.56. The second-order valence-electron chi connectivity index (χ2n) is 2.57. The van der Waals surface area contributed by atoms with E-state index in [0.717, 1.165) is 0 Å². The fourth-order valence-electron chi connectivity index (χ4n) is 0.885. The van der Waals surface area contributed by atoms with Crippen LogP contribution in [0.5, 0.6) is 0 Å². The summed E-state index contributed by atoms with van der Waals surface area (Å²) >= 11 is 0. The van der Waals surface area contributed by atoms with Crippen molar-refractivity contribution in [3.05, 3.63) is 0 Å². The molecule has 78 valence electrons. The second kappa shape index (κ2) is 6.01. The molecule has 0 aliphatic carbocycles. The first kappa shape index (κ1) is 12.5. The van der Waals surface area contributed by atoms with Crippen LogP contribution in [0.15, 0.2) is 0 Å². The van der Waals surface area contributed by atoms with Crippen molar-refractivity contribution in [3.8, 4) is 0 Å². The zero-order chi connectivity index (χ0) is 10.4. The van der Waals surface area contributed by atoms with Gasteiger partial charge in [-0.15, -0.1) is 0 Å². The summed E-state index contributed by atoms with van der Waals surface area (Å²) in [5.41, 5.74) is 0. The summed E-state index contributed by atoms with van der Waals surface area (Å²) in [6.07, 6.45) is -5.53. The van der Waals surface area contributed by atoms with Crippen LogP contribution in [0.4, 0.5) is 0 Å². The van der Waals surface area contributed by atoms with Crippen LogP contribution < -0.4 is 0 Å². The van der Waals surface area contributed by atoms with Crippen LogP contribution >= 0.6 is 0 Å². The Kier molecular flexibility index (Phi) is 5.76. The molecule has 13 heavy (non-hydrogen) atoms. The number of ether oxygens (including phenoxy) is 1. The first-order valence-corrected chi connectivity index (χ1v) is 3.71. The van der Waals surface area contributed by atoms with Gasteiger partial charge in [-0.2, -0.15) is 0 Å². The molecule has 0 bridgehead atoms. The quantitative estimate of drug-likeness (QED) is 0.342. The van der Waals surface area contributed by atoms with Crippen molar-refractivity contribution >= 4 is 6.29 Å². The Morgan fingerprint density at radius 3 is 2.23 bits per heavy atom. The van der Waals surface area contributed by atoms with Crippen LogP contribution in [0.25, 0.3) is 0 Å². The Labute approximate surface area is 75.4 Å². The van der Waals surface area contributed by atoms with E-state index in [9.17, 15) is 9.90 Å². The number of rotatable bonds is 6. The predicted molar refractivity (Wildman–Crippen MR) is 42.0 cm³/mol. The molecule has 4 atom stereocenters. The van der Waals surface area contributed by atoms with Crippen LogP contribution in [0.2, 0.25) is 0 Å². The van der Waals surface area contributed by atoms with Crippen molar-refractivity contribution in [1.29, 1.82) is 0 Å². The average Bonchev–Trinajstić information content (AvgIpc) is 2.17. The summed E-state index contributed by atoms with van der Waals surface area (Å²) in [4.78, 5) is 10.1. The minimum absolute atomic E-state index is 0.182. The van der Waals surface area contributed by atoms with Crippen molar-refractivity contribution in [2.24, 2.45) is 0 Å². The summed E-state index contributed by atoms with van der Waals surface area (Å²) < 4.78 is 4.59. The second-order valence-corrected chi connectivity index (χ2v) is 2.57. The van der Waals surface area contributed by atoms with Crippen LogP contribution in [-0.2, 0) is 9.53 Å². The molecule has 0 aromatic heterocycles. The Bertz CT molecular complexity index is 150. The van der Waals surface area contributed by atoms with Crippen molar-refractivity contribution in [2.45, 2.75) is 24.4 Å². The summed E-state index contributed by atoms with van der Waals surface area (Å²) in [5, 5.41) is 35.6. The van der Waals surface area contributed by atoms with E-state index in [1.54, 1.807) is 0 Å². The summed E-state index contributed by atoms with van der Waals surface area (Å²) in [7, 11) is 1.17. The predicted octanol–water partition coefficient (Wildman–Crippen LogP) is -2.72. The van der Waals surface area contributed by atoms with Crippen molar-refractivity contribution in [3.63, 3.8) is 0 Å². The molecule has 0 saturated carbocycles. The molecule has 0 spiro atoms. The standard InChI is InChI=1S/C7H14O6/c1-13-7(5(11)3-9)6(12)4(10)2-8/h3-8,10-12H,2H2,1H3/t4-,5-,6-,7+/m1/s1. The number of aldehydes is 1. The lowest BCUT2D eigenvalue weighted by molar-refractivity contribution is -0.143. The molecule has 0 unspecified atom stereocenters. The van der Waals surface area contributed by atoms with E-state index < -0.39 is 31.0 Å². The molecule has 0 amide bonds. The lowest BCUT2D eigenvalue weighted by Gasteiger charge is -2.25. The lowest BCUT2D eigenvalue weighted by Crippen LogP contribution is -2.47. The van der Waals surface area contributed by atoms with Gasteiger partial charge in [-0.25, -0.2) is 0 Å². The minimum Gasteiger partial charge on any atom is -0.394 e. The fourth-order valence-corrected chi connectivity index (χ4v) is 0.885. The molecule has 0 aliphatic rings. The Hall–Kier alpha value is -0.530. The fraction of sp³-hybridized carbons (Fsp3) is 0.857. The van der Waals surface area contributed by atoms with E-state index in [1.807, 2.05) is 0 Å². The largest absolute Gasteiger partial charge is 0.394 e. The first-order chi connectivity index (χ1) is 6.08. The molecule has 6 nitrogen and oxygen atoms in total. The number of aliphatic hydroxyl groups is 4. The van der Waals surface area contributed by atoms with E-state index in [4.69, 9.17) is 15.3 Å². The minimum atomic E-state index is -1.53. The zero-order valence-electron chi connectivity index (χ0n) is 7.20. The Morgan fingerprint density at radius 1 is 1.38 bits per heavy atom. The van der Waals surface area contributed by atoms with Gasteiger partial charge in [-0.1, -0.05) is 0 Å².